The van der Waals surface area contributed by atoms with Crippen LogP contribution in [0.1, 0.15) is 24.4 Å². The molecule has 1 aliphatic rings. The summed E-state index contributed by atoms with van der Waals surface area (Å²) in [4.78, 5) is 0. The molecule has 1 nitrogen and oxygen atoms in total. The molecule has 0 bridgehead atoms. The van der Waals surface area contributed by atoms with E-state index in [1.165, 1.54) is 0 Å². The average molecular weight is 256 g/mol. The van der Waals surface area contributed by atoms with Gasteiger partial charge in [-0.2, -0.15) is 0 Å². The molecule has 1 atom stereocenters. The molecule has 16 heavy (non-hydrogen) atoms. The van der Waals surface area contributed by atoms with E-state index in [1.54, 1.807) is 0 Å². The van der Waals surface area contributed by atoms with E-state index >= 15 is 0 Å². The SMILES string of the molecule is Cl.N[C@@H](c1c(F)c(F)cc(F)c1F)C1CC1. The summed E-state index contributed by atoms with van der Waals surface area (Å²) in [7, 11) is 0. The lowest BCUT2D eigenvalue weighted by Gasteiger charge is -2.13. The van der Waals surface area contributed by atoms with Gasteiger partial charge in [0.05, 0.1) is 0 Å². The minimum Gasteiger partial charge on any atom is -0.324 e. The minimum absolute atomic E-state index is 0. The summed E-state index contributed by atoms with van der Waals surface area (Å²) in [5.41, 5.74) is 4.86. The van der Waals surface area contributed by atoms with Gasteiger partial charge in [0.15, 0.2) is 23.3 Å². The van der Waals surface area contributed by atoms with Crippen LogP contribution in [-0.2, 0) is 0 Å². The van der Waals surface area contributed by atoms with Crippen molar-refractivity contribution in [2.45, 2.75) is 18.9 Å². The van der Waals surface area contributed by atoms with Crippen molar-refractivity contribution < 1.29 is 17.6 Å². The van der Waals surface area contributed by atoms with Crippen LogP contribution in [0.3, 0.4) is 0 Å². The molecule has 1 fully saturated rings. The second-order valence-electron chi connectivity index (χ2n) is 3.75. The normalized spacial score (nSPS) is 16.8. The molecule has 1 saturated carbocycles. The van der Waals surface area contributed by atoms with Gasteiger partial charge in [-0.05, 0) is 18.8 Å². The maximum Gasteiger partial charge on any atom is 0.166 e. The largest absolute Gasteiger partial charge is 0.324 e. The Bertz CT molecular complexity index is 380. The Morgan fingerprint density at radius 3 is 1.88 bits per heavy atom. The van der Waals surface area contributed by atoms with Gasteiger partial charge in [0.25, 0.3) is 0 Å². The van der Waals surface area contributed by atoms with Crippen molar-refractivity contribution in [2.24, 2.45) is 11.7 Å². The van der Waals surface area contributed by atoms with E-state index < -0.39 is 34.9 Å². The summed E-state index contributed by atoms with van der Waals surface area (Å²) >= 11 is 0. The molecule has 0 spiro atoms. The van der Waals surface area contributed by atoms with Gasteiger partial charge in [-0.15, -0.1) is 12.4 Å². The maximum absolute atomic E-state index is 13.2. The van der Waals surface area contributed by atoms with Gasteiger partial charge in [-0.25, -0.2) is 17.6 Å². The molecule has 1 aromatic rings. The number of benzene rings is 1. The molecule has 1 aliphatic carbocycles. The molecule has 0 amide bonds. The minimum atomic E-state index is -1.40. The predicted molar refractivity (Wildman–Crippen MR) is 53.2 cm³/mol. The fraction of sp³-hybridized carbons (Fsp3) is 0.400. The van der Waals surface area contributed by atoms with Crippen LogP contribution >= 0.6 is 12.4 Å². The molecule has 0 radical (unpaired) electrons. The highest BCUT2D eigenvalue weighted by atomic mass is 35.5. The van der Waals surface area contributed by atoms with Crippen LogP contribution in [0.2, 0.25) is 0 Å². The third-order valence-corrected chi connectivity index (χ3v) is 2.61. The monoisotopic (exact) mass is 255 g/mol. The van der Waals surface area contributed by atoms with E-state index in [1.807, 2.05) is 0 Å². The number of rotatable bonds is 2. The van der Waals surface area contributed by atoms with Crippen molar-refractivity contribution in [2.75, 3.05) is 0 Å². The molecule has 6 heteroatoms. The highest BCUT2D eigenvalue weighted by Gasteiger charge is 2.35. The van der Waals surface area contributed by atoms with E-state index in [0.29, 0.717) is 0 Å². The van der Waals surface area contributed by atoms with Crippen LogP contribution in [0.15, 0.2) is 6.07 Å². The third-order valence-electron chi connectivity index (χ3n) is 2.61. The van der Waals surface area contributed by atoms with Gasteiger partial charge >= 0.3 is 0 Å². The molecule has 0 aromatic heterocycles. The molecule has 0 saturated heterocycles. The van der Waals surface area contributed by atoms with Crippen LogP contribution in [-0.4, -0.2) is 0 Å². The Morgan fingerprint density at radius 1 is 1.06 bits per heavy atom. The summed E-state index contributed by atoms with van der Waals surface area (Å²) < 4.78 is 52.1. The number of hydrogen-bond donors (Lipinski definition) is 1. The maximum atomic E-state index is 13.2. The highest BCUT2D eigenvalue weighted by molar-refractivity contribution is 5.85. The Morgan fingerprint density at radius 2 is 1.50 bits per heavy atom. The average Bonchev–Trinajstić information content (AvgIpc) is 2.98. The Labute approximate surface area is 96.0 Å². The van der Waals surface area contributed by atoms with Crippen molar-refractivity contribution in [3.63, 3.8) is 0 Å². The molecule has 0 aliphatic heterocycles. The molecular formula is C10H10ClF4N. The number of halogens is 5. The number of hydrogen-bond acceptors (Lipinski definition) is 1. The summed E-state index contributed by atoms with van der Waals surface area (Å²) in [5.74, 6) is -5.64. The molecule has 1 aromatic carbocycles. The molecule has 0 heterocycles. The first-order valence-corrected chi connectivity index (χ1v) is 4.61. The van der Waals surface area contributed by atoms with Gasteiger partial charge in [0.1, 0.15) is 0 Å². The van der Waals surface area contributed by atoms with Crippen molar-refractivity contribution in [1.82, 2.24) is 0 Å². The van der Waals surface area contributed by atoms with Crippen LogP contribution in [0, 0.1) is 29.2 Å². The highest BCUT2D eigenvalue weighted by Crippen LogP contribution is 2.41. The fourth-order valence-corrected chi connectivity index (χ4v) is 1.58. The lowest BCUT2D eigenvalue weighted by atomic mass is 10.0. The Kier molecular flexibility index (Phi) is 3.80. The quantitative estimate of drug-likeness (QED) is 0.638. The third kappa shape index (κ3) is 2.15. The van der Waals surface area contributed by atoms with Gasteiger partial charge in [0.2, 0.25) is 0 Å². The van der Waals surface area contributed by atoms with E-state index in [0.717, 1.165) is 12.8 Å². The Balaban J connectivity index is 0.00000128. The van der Waals surface area contributed by atoms with Gasteiger partial charge in [-0.1, -0.05) is 0 Å². The van der Waals surface area contributed by atoms with Crippen LogP contribution in [0.25, 0.3) is 0 Å². The second-order valence-corrected chi connectivity index (χ2v) is 3.75. The van der Waals surface area contributed by atoms with Crippen LogP contribution in [0.4, 0.5) is 17.6 Å². The zero-order chi connectivity index (χ0) is 11.2. The lowest BCUT2D eigenvalue weighted by molar-refractivity contribution is 0.419. The first kappa shape index (κ1) is 13.3. The van der Waals surface area contributed by atoms with Crippen LogP contribution < -0.4 is 5.73 Å². The summed E-state index contributed by atoms with van der Waals surface area (Å²) in [5, 5.41) is 0. The van der Waals surface area contributed by atoms with Crippen molar-refractivity contribution in [1.29, 1.82) is 0 Å². The van der Waals surface area contributed by atoms with Crippen molar-refractivity contribution in [3.8, 4) is 0 Å². The number of nitrogens with two attached hydrogens (primary N) is 1. The zero-order valence-corrected chi connectivity index (χ0v) is 8.96. The molecule has 2 N–H and O–H groups in total. The zero-order valence-electron chi connectivity index (χ0n) is 8.14. The second kappa shape index (κ2) is 4.59. The first-order chi connectivity index (χ1) is 7.02. The van der Waals surface area contributed by atoms with E-state index in [2.05, 4.69) is 0 Å². The molecule has 0 unspecified atom stereocenters. The summed E-state index contributed by atoms with van der Waals surface area (Å²) in [6.07, 6.45) is 1.47. The smallest absolute Gasteiger partial charge is 0.166 e. The summed E-state index contributed by atoms with van der Waals surface area (Å²) in [6.45, 7) is 0. The standard InChI is InChI=1S/C10H9F4N.ClH/c11-5-3-6(12)9(14)7(8(5)13)10(15)4-1-2-4;/h3-4,10H,1-2,15H2;1H/t10-;/m1./s1. The van der Waals surface area contributed by atoms with Gasteiger partial charge < -0.3 is 5.73 Å². The van der Waals surface area contributed by atoms with E-state index in [4.69, 9.17) is 5.73 Å². The van der Waals surface area contributed by atoms with E-state index in [9.17, 15) is 17.6 Å². The molecular weight excluding hydrogens is 246 g/mol. The van der Waals surface area contributed by atoms with Gasteiger partial charge in [0, 0.05) is 17.7 Å². The van der Waals surface area contributed by atoms with E-state index in [-0.39, 0.29) is 24.4 Å². The van der Waals surface area contributed by atoms with Crippen molar-refractivity contribution >= 4 is 12.4 Å². The lowest BCUT2D eigenvalue weighted by Crippen LogP contribution is -2.18. The molecule has 2 rings (SSSR count). The fourth-order valence-electron chi connectivity index (χ4n) is 1.58. The van der Waals surface area contributed by atoms with Crippen molar-refractivity contribution in [3.05, 3.63) is 34.9 Å². The Hall–Kier alpha value is -0.810. The van der Waals surface area contributed by atoms with Crippen LogP contribution in [0.5, 0.6) is 0 Å². The topological polar surface area (TPSA) is 26.0 Å². The first-order valence-electron chi connectivity index (χ1n) is 4.61. The van der Waals surface area contributed by atoms with Gasteiger partial charge in [-0.3, -0.25) is 0 Å². The molecule has 90 valence electrons. The predicted octanol–water partition coefficient (Wildman–Crippen LogP) is 3.07. The summed E-state index contributed by atoms with van der Waals surface area (Å²) in [6, 6.07) is -0.774.